The van der Waals surface area contributed by atoms with Gasteiger partial charge in [0, 0.05) is 23.5 Å². The average Bonchev–Trinajstić information content (AvgIpc) is 3.17. The van der Waals surface area contributed by atoms with E-state index in [1.807, 2.05) is 45.0 Å². The van der Waals surface area contributed by atoms with E-state index in [-0.39, 0.29) is 24.2 Å². The van der Waals surface area contributed by atoms with E-state index >= 15 is 0 Å². The molecule has 1 N–H and O–H groups in total. The predicted octanol–water partition coefficient (Wildman–Crippen LogP) is 4.23. The third-order valence-electron chi connectivity index (χ3n) is 7.08. The lowest BCUT2D eigenvalue weighted by Crippen LogP contribution is -2.51. The van der Waals surface area contributed by atoms with Crippen LogP contribution in [0, 0.1) is 19.8 Å². The second-order valence-electron chi connectivity index (χ2n) is 9.14. The van der Waals surface area contributed by atoms with Crippen molar-refractivity contribution >= 4 is 17.7 Å². The Bertz CT molecular complexity index is 1000. The van der Waals surface area contributed by atoms with Crippen LogP contribution in [-0.2, 0) is 11.3 Å². The quantitative estimate of drug-likeness (QED) is 0.561. The highest BCUT2D eigenvalue weighted by Gasteiger charge is 2.52. The van der Waals surface area contributed by atoms with Crippen molar-refractivity contribution < 1.29 is 14.4 Å². The Morgan fingerprint density at radius 1 is 1.10 bits per heavy atom. The number of Topliss-reactive ketones (excluding diaryl/α,β-unsaturated/α-hetero) is 1. The smallest absolute Gasteiger partial charge is 0.325 e. The molecule has 31 heavy (non-hydrogen) atoms. The summed E-state index contributed by atoms with van der Waals surface area (Å²) in [6, 6.07) is 11.5. The molecule has 0 bridgehead atoms. The summed E-state index contributed by atoms with van der Waals surface area (Å²) in [6.07, 6.45) is 5.21. The monoisotopic (exact) mass is 421 g/mol. The summed E-state index contributed by atoms with van der Waals surface area (Å²) in [5.74, 6) is -0.339. The van der Waals surface area contributed by atoms with Gasteiger partial charge in [0.1, 0.15) is 5.54 Å². The van der Waals surface area contributed by atoms with Gasteiger partial charge < -0.3 is 9.88 Å². The zero-order valence-corrected chi connectivity index (χ0v) is 18.6. The fraction of sp³-hybridized carbons (Fsp3) is 0.480. The number of amides is 3. The molecule has 1 aromatic carbocycles. The second kappa shape index (κ2) is 8.33. The number of imide groups is 1. The number of urea groups is 1. The molecule has 6 heteroatoms. The van der Waals surface area contributed by atoms with Crippen LogP contribution in [0.3, 0.4) is 0 Å². The topological polar surface area (TPSA) is 71.4 Å². The largest absolute Gasteiger partial charge is 0.344 e. The van der Waals surface area contributed by atoms with Crippen LogP contribution in [0.4, 0.5) is 4.79 Å². The molecule has 1 aliphatic carbocycles. The number of nitrogens with one attached hydrogen (secondary N) is 1. The van der Waals surface area contributed by atoms with Crippen LogP contribution in [0.2, 0.25) is 0 Å². The van der Waals surface area contributed by atoms with Gasteiger partial charge in [-0.1, -0.05) is 49.6 Å². The molecule has 0 unspecified atom stereocenters. The van der Waals surface area contributed by atoms with Crippen LogP contribution in [0.1, 0.15) is 66.3 Å². The molecule has 1 saturated heterocycles. The number of benzene rings is 1. The minimum absolute atomic E-state index is 0.133. The van der Waals surface area contributed by atoms with Crippen molar-refractivity contribution in [3.63, 3.8) is 0 Å². The summed E-state index contributed by atoms with van der Waals surface area (Å²) in [5, 5.41) is 2.90. The Balaban J connectivity index is 1.51. The summed E-state index contributed by atoms with van der Waals surface area (Å²) < 4.78 is 2.10. The van der Waals surface area contributed by atoms with Crippen molar-refractivity contribution in [2.75, 3.05) is 6.54 Å². The molecule has 4 rings (SSSR count). The highest BCUT2D eigenvalue weighted by molar-refractivity contribution is 6.11. The standard InChI is InChI=1S/C25H31N3O3/c1-17-14-21(18(2)27(17)15-19-10-6-4-7-11-19)22(29)16-28-23(30)25(3,26-24(28)31)20-12-8-5-9-13-20/h4,6-7,10-11,14,20H,5,8-9,12-13,15-16H2,1-3H3,(H,26,31)/t25-/m1/s1. The first-order chi connectivity index (χ1) is 14.8. The zero-order valence-electron chi connectivity index (χ0n) is 18.6. The van der Waals surface area contributed by atoms with E-state index in [9.17, 15) is 14.4 Å². The molecule has 164 valence electrons. The van der Waals surface area contributed by atoms with Crippen molar-refractivity contribution in [2.24, 2.45) is 5.92 Å². The van der Waals surface area contributed by atoms with Gasteiger partial charge in [-0.2, -0.15) is 0 Å². The third kappa shape index (κ3) is 3.91. The SMILES string of the molecule is Cc1cc(C(=O)CN2C(=O)N[C@](C)(C3CCCCC3)C2=O)c(C)n1Cc1ccccc1. The third-order valence-corrected chi connectivity index (χ3v) is 7.08. The molecule has 1 aromatic heterocycles. The number of nitrogens with zero attached hydrogens (tertiary/aromatic N) is 2. The van der Waals surface area contributed by atoms with E-state index in [2.05, 4.69) is 22.0 Å². The van der Waals surface area contributed by atoms with Gasteiger partial charge in [-0.3, -0.25) is 14.5 Å². The van der Waals surface area contributed by atoms with E-state index in [1.54, 1.807) is 0 Å². The van der Waals surface area contributed by atoms with Crippen LogP contribution >= 0.6 is 0 Å². The Morgan fingerprint density at radius 3 is 2.45 bits per heavy atom. The van der Waals surface area contributed by atoms with Gasteiger partial charge >= 0.3 is 6.03 Å². The number of aryl methyl sites for hydroxylation is 1. The van der Waals surface area contributed by atoms with Gasteiger partial charge in [0.15, 0.2) is 5.78 Å². The van der Waals surface area contributed by atoms with Gasteiger partial charge in [-0.05, 0) is 51.2 Å². The fourth-order valence-electron chi connectivity index (χ4n) is 5.14. The average molecular weight is 422 g/mol. The van der Waals surface area contributed by atoms with Crippen LogP contribution in [-0.4, -0.2) is 39.3 Å². The van der Waals surface area contributed by atoms with Crippen molar-refractivity contribution in [3.8, 4) is 0 Å². The molecule has 2 fully saturated rings. The predicted molar refractivity (Wildman–Crippen MR) is 119 cm³/mol. The van der Waals surface area contributed by atoms with Gasteiger partial charge in [0.05, 0.1) is 6.54 Å². The van der Waals surface area contributed by atoms with Crippen LogP contribution in [0.5, 0.6) is 0 Å². The summed E-state index contributed by atoms with van der Waals surface area (Å²) in [4.78, 5) is 40.1. The lowest BCUT2D eigenvalue weighted by atomic mass is 9.75. The van der Waals surface area contributed by atoms with Crippen molar-refractivity contribution in [1.82, 2.24) is 14.8 Å². The molecule has 0 spiro atoms. The van der Waals surface area contributed by atoms with Crippen LogP contribution in [0.15, 0.2) is 36.4 Å². The van der Waals surface area contributed by atoms with Crippen molar-refractivity contribution in [1.29, 1.82) is 0 Å². The molecule has 1 aliphatic heterocycles. The molecule has 6 nitrogen and oxygen atoms in total. The Morgan fingerprint density at radius 2 is 1.77 bits per heavy atom. The van der Waals surface area contributed by atoms with Gasteiger partial charge in [-0.25, -0.2) is 4.79 Å². The maximum absolute atomic E-state index is 13.2. The highest BCUT2D eigenvalue weighted by atomic mass is 16.2. The Kier molecular flexibility index (Phi) is 5.73. The van der Waals surface area contributed by atoms with Crippen molar-refractivity contribution in [2.45, 2.75) is 65.0 Å². The van der Waals surface area contributed by atoms with Gasteiger partial charge in [0.2, 0.25) is 0 Å². The molecule has 2 aliphatic rings. The number of carbonyl (C=O) groups is 3. The van der Waals surface area contributed by atoms with E-state index in [0.29, 0.717) is 12.1 Å². The first kappa shape index (κ1) is 21.3. The van der Waals surface area contributed by atoms with E-state index < -0.39 is 11.6 Å². The minimum Gasteiger partial charge on any atom is -0.344 e. The van der Waals surface area contributed by atoms with Gasteiger partial charge in [0.25, 0.3) is 5.91 Å². The summed E-state index contributed by atoms with van der Waals surface area (Å²) in [6.45, 7) is 6.17. The Labute approximate surface area is 183 Å². The molecule has 0 radical (unpaired) electrons. The summed E-state index contributed by atoms with van der Waals surface area (Å²) in [5.41, 5.74) is 2.66. The van der Waals surface area contributed by atoms with E-state index in [0.717, 1.165) is 47.5 Å². The maximum atomic E-state index is 13.2. The fourth-order valence-corrected chi connectivity index (χ4v) is 5.14. The molecular formula is C25H31N3O3. The number of carbonyl (C=O) groups excluding carboxylic acids is 3. The van der Waals surface area contributed by atoms with E-state index in [1.165, 1.54) is 6.42 Å². The van der Waals surface area contributed by atoms with Crippen LogP contribution < -0.4 is 5.32 Å². The second-order valence-corrected chi connectivity index (χ2v) is 9.14. The van der Waals surface area contributed by atoms with Crippen LogP contribution in [0.25, 0.3) is 0 Å². The first-order valence-corrected chi connectivity index (χ1v) is 11.2. The first-order valence-electron chi connectivity index (χ1n) is 11.2. The number of aromatic nitrogens is 1. The maximum Gasteiger partial charge on any atom is 0.325 e. The van der Waals surface area contributed by atoms with E-state index in [4.69, 9.17) is 0 Å². The number of rotatable bonds is 6. The normalized spacial score (nSPS) is 22.1. The summed E-state index contributed by atoms with van der Waals surface area (Å²) >= 11 is 0. The van der Waals surface area contributed by atoms with Gasteiger partial charge in [-0.15, -0.1) is 0 Å². The number of hydrogen-bond donors (Lipinski definition) is 1. The molecule has 3 amide bonds. The summed E-state index contributed by atoms with van der Waals surface area (Å²) in [7, 11) is 0. The Hall–Kier alpha value is -2.89. The molecular weight excluding hydrogens is 390 g/mol. The molecule has 2 heterocycles. The number of hydrogen-bond acceptors (Lipinski definition) is 3. The molecule has 2 aromatic rings. The lowest BCUT2D eigenvalue weighted by Gasteiger charge is -2.34. The minimum atomic E-state index is -0.901. The highest BCUT2D eigenvalue weighted by Crippen LogP contribution is 2.36. The van der Waals surface area contributed by atoms with Crippen molar-refractivity contribution in [3.05, 3.63) is 58.9 Å². The number of ketones is 1. The molecule has 1 saturated carbocycles. The molecule has 1 atom stereocenters. The lowest BCUT2D eigenvalue weighted by molar-refractivity contribution is -0.132. The zero-order chi connectivity index (χ0) is 22.2.